The van der Waals surface area contributed by atoms with Crippen LogP contribution in [0, 0.1) is 6.92 Å². The maximum atomic E-state index is 11.3. The van der Waals surface area contributed by atoms with Crippen LogP contribution in [0.2, 0.25) is 0 Å². The summed E-state index contributed by atoms with van der Waals surface area (Å²) in [6.45, 7) is 1.87. The molecule has 3 aromatic rings. The minimum absolute atomic E-state index is 0.156. The average molecular weight is 272 g/mol. The van der Waals surface area contributed by atoms with Gasteiger partial charge in [0, 0.05) is 17.5 Å². The number of nitrogens with one attached hydrogen (secondary N) is 1. The van der Waals surface area contributed by atoms with Crippen molar-refractivity contribution in [1.82, 2.24) is 19.6 Å². The summed E-state index contributed by atoms with van der Waals surface area (Å²) in [5.74, 6) is 1.31. The smallest absolute Gasteiger partial charge is 0.252 e. The molecule has 0 atom stereocenters. The Hall–Kier alpha value is -2.08. The molecule has 0 aliphatic heterocycles. The molecule has 2 heterocycles. The quantitative estimate of drug-likeness (QED) is 0.741. The highest BCUT2D eigenvalue weighted by atomic mass is 32.2. The summed E-state index contributed by atoms with van der Waals surface area (Å²) in [4.78, 5) is 14.0. The highest BCUT2D eigenvalue weighted by Gasteiger charge is 2.09. The van der Waals surface area contributed by atoms with Gasteiger partial charge in [-0.3, -0.25) is 14.2 Å². The van der Waals surface area contributed by atoms with Gasteiger partial charge in [-0.05, 0) is 12.5 Å². The molecule has 0 saturated carbocycles. The summed E-state index contributed by atoms with van der Waals surface area (Å²) < 4.78 is 1.86. The second kappa shape index (κ2) is 4.89. The zero-order valence-corrected chi connectivity index (χ0v) is 11.1. The van der Waals surface area contributed by atoms with E-state index in [2.05, 4.69) is 27.3 Å². The molecular weight excluding hydrogens is 260 g/mol. The van der Waals surface area contributed by atoms with Gasteiger partial charge in [-0.25, -0.2) is 0 Å². The second-order valence-corrected chi connectivity index (χ2v) is 5.13. The number of rotatable bonds is 3. The molecule has 6 heteroatoms. The monoisotopic (exact) mass is 272 g/mol. The fraction of sp³-hybridized carbons (Fsp3) is 0.154. The number of thioether (sulfide) groups is 1. The third-order valence-corrected chi connectivity index (χ3v) is 3.77. The van der Waals surface area contributed by atoms with Crippen molar-refractivity contribution >= 4 is 17.5 Å². The molecule has 1 N–H and O–H groups in total. The van der Waals surface area contributed by atoms with E-state index in [1.165, 1.54) is 5.56 Å². The van der Waals surface area contributed by atoms with Gasteiger partial charge in [-0.15, -0.1) is 10.2 Å². The second-order valence-electron chi connectivity index (χ2n) is 4.19. The van der Waals surface area contributed by atoms with Crippen LogP contribution in [0.25, 0.3) is 5.78 Å². The van der Waals surface area contributed by atoms with Gasteiger partial charge in [0.2, 0.25) is 5.78 Å². The number of benzene rings is 1. The van der Waals surface area contributed by atoms with Crippen molar-refractivity contribution < 1.29 is 0 Å². The topological polar surface area (TPSA) is 63.0 Å². The van der Waals surface area contributed by atoms with Gasteiger partial charge in [-0.1, -0.05) is 42.1 Å². The van der Waals surface area contributed by atoms with Crippen LogP contribution in [0.3, 0.4) is 0 Å². The fourth-order valence-corrected chi connectivity index (χ4v) is 2.83. The number of hydrogen-bond acceptors (Lipinski definition) is 4. The lowest BCUT2D eigenvalue weighted by Crippen LogP contribution is -2.09. The Labute approximate surface area is 113 Å². The first-order valence-electron chi connectivity index (χ1n) is 5.86. The number of aromatic amines is 1. The molecule has 0 bridgehead atoms. The van der Waals surface area contributed by atoms with E-state index >= 15 is 0 Å². The number of H-pyrrole nitrogens is 1. The van der Waals surface area contributed by atoms with Gasteiger partial charge in [0.15, 0.2) is 5.16 Å². The Kier molecular flexibility index (Phi) is 3.08. The molecule has 0 radical (unpaired) electrons. The van der Waals surface area contributed by atoms with E-state index in [9.17, 15) is 4.79 Å². The van der Waals surface area contributed by atoms with E-state index in [1.807, 2.05) is 29.5 Å². The molecule has 2 aromatic heterocycles. The molecule has 96 valence electrons. The van der Waals surface area contributed by atoms with Gasteiger partial charge in [0.25, 0.3) is 5.56 Å². The number of hydrogen-bond donors (Lipinski definition) is 1. The standard InChI is InChI=1S/C13H12N4OS/c1-9-7-11(18)14-12-15-16-13(17(9)12)19-8-10-5-3-2-4-6-10/h2-7H,8H2,1H3,(H,14,15,18). The van der Waals surface area contributed by atoms with E-state index in [0.29, 0.717) is 5.78 Å². The van der Waals surface area contributed by atoms with Crippen LogP contribution in [0.4, 0.5) is 0 Å². The molecule has 0 fully saturated rings. The van der Waals surface area contributed by atoms with Crippen LogP contribution in [0.15, 0.2) is 46.3 Å². The SMILES string of the molecule is Cc1cc(=O)[nH]c2nnc(SCc3ccccc3)n12. The molecule has 1 aromatic carbocycles. The van der Waals surface area contributed by atoms with Crippen molar-refractivity contribution in [1.29, 1.82) is 0 Å². The first-order chi connectivity index (χ1) is 9.24. The Morgan fingerprint density at radius 1 is 1.26 bits per heavy atom. The highest BCUT2D eigenvalue weighted by Crippen LogP contribution is 2.21. The summed E-state index contributed by atoms with van der Waals surface area (Å²) in [7, 11) is 0. The van der Waals surface area contributed by atoms with Crippen molar-refractivity contribution in [2.24, 2.45) is 0 Å². The van der Waals surface area contributed by atoms with E-state index < -0.39 is 0 Å². The summed E-state index contributed by atoms with van der Waals surface area (Å²) in [6.07, 6.45) is 0. The summed E-state index contributed by atoms with van der Waals surface area (Å²) in [5.41, 5.74) is 1.91. The van der Waals surface area contributed by atoms with Gasteiger partial charge < -0.3 is 0 Å². The Morgan fingerprint density at radius 3 is 2.84 bits per heavy atom. The van der Waals surface area contributed by atoms with Crippen LogP contribution >= 0.6 is 11.8 Å². The van der Waals surface area contributed by atoms with E-state index in [0.717, 1.165) is 16.6 Å². The Balaban J connectivity index is 1.92. The first-order valence-corrected chi connectivity index (χ1v) is 6.84. The van der Waals surface area contributed by atoms with E-state index in [-0.39, 0.29) is 5.56 Å². The zero-order valence-electron chi connectivity index (χ0n) is 10.3. The zero-order chi connectivity index (χ0) is 13.2. The third-order valence-electron chi connectivity index (χ3n) is 2.77. The summed E-state index contributed by atoms with van der Waals surface area (Å²) in [5, 5.41) is 8.89. The van der Waals surface area contributed by atoms with E-state index in [4.69, 9.17) is 0 Å². The lowest BCUT2D eigenvalue weighted by molar-refractivity contribution is 0.886. The van der Waals surface area contributed by atoms with Gasteiger partial charge >= 0.3 is 0 Å². The normalized spacial score (nSPS) is 11.0. The van der Waals surface area contributed by atoms with Crippen LogP contribution in [0.1, 0.15) is 11.3 Å². The van der Waals surface area contributed by atoms with Gasteiger partial charge in [0.05, 0.1) is 0 Å². The van der Waals surface area contributed by atoms with Crippen LogP contribution < -0.4 is 5.56 Å². The average Bonchev–Trinajstić information content (AvgIpc) is 2.81. The molecule has 0 aliphatic rings. The first kappa shape index (κ1) is 12.0. The van der Waals surface area contributed by atoms with Crippen molar-refractivity contribution in [2.75, 3.05) is 0 Å². The van der Waals surface area contributed by atoms with E-state index in [1.54, 1.807) is 17.8 Å². The predicted octanol–water partition coefficient (Wildman–Crippen LogP) is 2.02. The minimum Gasteiger partial charge on any atom is -0.291 e. The largest absolute Gasteiger partial charge is 0.291 e. The minimum atomic E-state index is -0.156. The third kappa shape index (κ3) is 2.39. The molecule has 0 saturated heterocycles. The summed E-state index contributed by atoms with van der Waals surface area (Å²) in [6, 6.07) is 11.7. The number of fused-ring (bicyclic) bond motifs is 1. The molecule has 0 unspecified atom stereocenters. The van der Waals surface area contributed by atoms with Crippen molar-refractivity contribution in [3.63, 3.8) is 0 Å². The van der Waals surface area contributed by atoms with Gasteiger partial charge in [-0.2, -0.15) is 0 Å². The molecule has 0 spiro atoms. The molecule has 19 heavy (non-hydrogen) atoms. The van der Waals surface area contributed by atoms with Crippen molar-refractivity contribution in [2.45, 2.75) is 17.8 Å². The van der Waals surface area contributed by atoms with Crippen molar-refractivity contribution in [3.8, 4) is 0 Å². The number of aryl methyl sites for hydroxylation is 1. The highest BCUT2D eigenvalue weighted by molar-refractivity contribution is 7.98. The predicted molar refractivity (Wildman–Crippen MR) is 74.3 cm³/mol. The molecule has 0 amide bonds. The fourth-order valence-electron chi connectivity index (χ4n) is 1.89. The Bertz CT molecular complexity index is 763. The Morgan fingerprint density at radius 2 is 2.05 bits per heavy atom. The maximum Gasteiger partial charge on any atom is 0.252 e. The molecule has 5 nitrogen and oxygen atoms in total. The summed E-state index contributed by atoms with van der Waals surface area (Å²) >= 11 is 1.60. The maximum absolute atomic E-state index is 11.3. The molecule has 3 rings (SSSR count). The number of nitrogens with zero attached hydrogens (tertiary/aromatic N) is 3. The van der Waals surface area contributed by atoms with Crippen LogP contribution in [-0.2, 0) is 5.75 Å². The van der Waals surface area contributed by atoms with Crippen molar-refractivity contribution in [3.05, 3.63) is 58.0 Å². The lowest BCUT2D eigenvalue weighted by Gasteiger charge is -2.02. The lowest BCUT2D eigenvalue weighted by atomic mass is 10.2. The molecular formula is C13H12N4OS. The molecule has 0 aliphatic carbocycles. The van der Waals surface area contributed by atoms with Gasteiger partial charge in [0.1, 0.15) is 0 Å². The van der Waals surface area contributed by atoms with Crippen LogP contribution in [-0.4, -0.2) is 19.6 Å². The number of aromatic nitrogens is 4. The van der Waals surface area contributed by atoms with Crippen LogP contribution in [0.5, 0.6) is 0 Å².